The molecule has 1 fully saturated rings. The third-order valence-electron chi connectivity index (χ3n) is 5.64. The fraction of sp³-hybridized carbons (Fsp3) is 0.348. The van der Waals surface area contributed by atoms with Gasteiger partial charge in [0.15, 0.2) is 11.5 Å². The fourth-order valence-electron chi connectivity index (χ4n) is 3.74. The second-order valence-electron chi connectivity index (χ2n) is 7.54. The standard InChI is InChI=1S/C23H25N3O5/c1-13-6-7-17(8-14(13)2)26-12-16(11-20(26)27)23-24-22(25-31-23)15-9-18(28-3)21(30-5)19(10-15)29-4/h6-10,16H,11-12H2,1-5H3. The highest BCUT2D eigenvalue weighted by atomic mass is 16.5. The molecule has 1 amide bonds. The molecule has 0 saturated carbocycles. The number of aryl methyl sites for hydroxylation is 2. The van der Waals surface area contributed by atoms with E-state index in [1.807, 2.05) is 25.1 Å². The van der Waals surface area contributed by atoms with Gasteiger partial charge in [0.1, 0.15) is 0 Å². The van der Waals surface area contributed by atoms with Gasteiger partial charge in [-0.3, -0.25) is 4.79 Å². The van der Waals surface area contributed by atoms with Gasteiger partial charge in [-0.25, -0.2) is 0 Å². The molecule has 1 aliphatic rings. The summed E-state index contributed by atoms with van der Waals surface area (Å²) in [6.45, 7) is 4.59. The minimum absolute atomic E-state index is 0.0424. The number of rotatable bonds is 6. The van der Waals surface area contributed by atoms with Crippen LogP contribution in [-0.4, -0.2) is 43.9 Å². The zero-order chi connectivity index (χ0) is 22.1. The molecule has 8 heteroatoms. The molecule has 162 valence electrons. The second-order valence-corrected chi connectivity index (χ2v) is 7.54. The summed E-state index contributed by atoms with van der Waals surface area (Å²) in [6, 6.07) is 9.55. The van der Waals surface area contributed by atoms with Crippen molar-refractivity contribution in [3.63, 3.8) is 0 Å². The van der Waals surface area contributed by atoms with Gasteiger partial charge in [-0.05, 0) is 49.2 Å². The molecular formula is C23H25N3O5. The summed E-state index contributed by atoms with van der Waals surface area (Å²) in [5.74, 6) is 2.19. The Morgan fingerprint density at radius 2 is 1.71 bits per heavy atom. The van der Waals surface area contributed by atoms with Gasteiger partial charge in [0, 0.05) is 24.2 Å². The van der Waals surface area contributed by atoms with Crippen molar-refractivity contribution in [2.45, 2.75) is 26.2 Å². The molecule has 1 atom stereocenters. The summed E-state index contributed by atoms with van der Waals surface area (Å²) in [5, 5.41) is 4.12. The Hall–Kier alpha value is -3.55. The van der Waals surface area contributed by atoms with Crippen LogP contribution in [0.15, 0.2) is 34.9 Å². The molecule has 3 aromatic rings. The summed E-state index contributed by atoms with van der Waals surface area (Å²) < 4.78 is 21.7. The Bertz CT molecular complexity index is 1100. The number of hydrogen-bond donors (Lipinski definition) is 0. The fourth-order valence-corrected chi connectivity index (χ4v) is 3.74. The van der Waals surface area contributed by atoms with Crippen molar-refractivity contribution in [3.8, 4) is 28.6 Å². The van der Waals surface area contributed by atoms with Crippen molar-refractivity contribution in [2.75, 3.05) is 32.8 Å². The Morgan fingerprint density at radius 3 is 2.32 bits per heavy atom. The summed E-state index contributed by atoms with van der Waals surface area (Å²) in [7, 11) is 4.65. The SMILES string of the molecule is COc1cc(-c2noc(C3CC(=O)N(c4ccc(C)c(C)c4)C3)n2)cc(OC)c1OC. The topological polar surface area (TPSA) is 86.9 Å². The number of nitrogens with zero attached hydrogens (tertiary/aromatic N) is 3. The average molecular weight is 423 g/mol. The van der Waals surface area contributed by atoms with E-state index in [1.54, 1.807) is 38.4 Å². The maximum atomic E-state index is 12.7. The van der Waals surface area contributed by atoms with E-state index in [1.165, 1.54) is 5.56 Å². The number of hydrogen-bond acceptors (Lipinski definition) is 7. The van der Waals surface area contributed by atoms with Crippen LogP contribution < -0.4 is 19.1 Å². The number of amides is 1. The number of aromatic nitrogens is 2. The number of carbonyl (C=O) groups excluding carboxylic acids is 1. The van der Waals surface area contributed by atoms with Crippen LogP contribution in [0.3, 0.4) is 0 Å². The van der Waals surface area contributed by atoms with Gasteiger partial charge in [0.05, 0.1) is 27.2 Å². The van der Waals surface area contributed by atoms with Gasteiger partial charge >= 0.3 is 0 Å². The van der Waals surface area contributed by atoms with Gasteiger partial charge in [0.25, 0.3) is 0 Å². The van der Waals surface area contributed by atoms with Crippen molar-refractivity contribution in [1.82, 2.24) is 10.1 Å². The van der Waals surface area contributed by atoms with E-state index in [0.29, 0.717) is 47.5 Å². The highest BCUT2D eigenvalue weighted by molar-refractivity contribution is 5.96. The maximum absolute atomic E-state index is 12.7. The summed E-state index contributed by atoms with van der Waals surface area (Å²) in [6.07, 6.45) is 0.323. The zero-order valence-corrected chi connectivity index (χ0v) is 18.3. The Kier molecular flexibility index (Phi) is 5.54. The van der Waals surface area contributed by atoms with Crippen LogP contribution in [-0.2, 0) is 4.79 Å². The van der Waals surface area contributed by atoms with Crippen LogP contribution in [0.25, 0.3) is 11.4 Å². The summed E-state index contributed by atoms with van der Waals surface area (Å²) >= 11 is 0. The lowest BCUT2D eigenvalue weighted by Gasteiger charge is -2.17. The molecule has 1 aromatic heterocycles. The van der Waals surface area contributed by atoms with E-state index < -0.39 is 0 Å². The second kappa shape index (κ2) is 8.29. The monoisotopic (exact) mass is 423 g/mol. The van der Waals surface area contributed by atoms with Crippen molar-refractivity contribution in [1.29, 1.82) is 0 Å². The lowest BCUT2D eigenvalue weighted by atomic mass is 10.1. The van der Waals surface area contributed by atoms with E-state index in [0.717, 1.165) is 11.3 Å². The van der Waals surface area contributed by atoms with Crippen LogP contribution >= 0.6 is 0 Å². The largest absolute Gasteiger partial charge is 0.493 e. The van der Waals surface area contributed by atoms with Crippen molar-refractivity contribution < 1.29 is 23.5 Å². The minimum atomic E-state index is -0.169. The molecule has 2 heterocycles. The van der Waals surface area contributed by atoms with Crippen molar-refractivity contribution in [2.24, 2.45) is 0 Å². The number of carbonyl (C=O) groups is 1. The van der Waals surface area contributed by atoms with Gasteiger partial charge in [0.2, 0.25) is 23.4 Å². The predicted octanol–water partition coefficient (Wildman–Crippen LogP) is 3.90. The van der Waals surface area contributed by atoms with Crippen molar-refractivity contribution >= 4 is 11.6 Å². The molecule has 0 aliphatic carbocycles. The predicted molar refractivity (Wildman–Crippen MR) is 115 cm³/mol. The third kappa shape index (κ3) is 3.81. The minimum Gasteiger partial charge on any atom is -0.493 e. The number of anilines is 1. The van der Waals surface area contributed by atoms with Gasteiger partial charge in [-0.15, -0.1) is 0 Å². The quantitative estimate of drug-likeness (QED) is 0.594. The lowest BCUT2D eigenvalue weighted by molar-refractivity contribution is -0.117. The molecule has 4 rings (SSSR count). The van der Waals surface area contributed by atoms with Crippen LogP contribution in [0.1, 0.15) is 29.4 Å². The highest BCUT2D eigenvalue weighted by Gasteiger charge is 2.35. The smallest absolute Gasteiger partial charge is 0.232 e. The molecule has 0 spiro atoms. The van der Waals surface area contributed by atoms with E-state index in [4.69, 9.17) is 18.7 Å². The molecule has 1 saturated heterocycles. The third-order valence-corrected chi connectivity index (χ3v) is 5.64. The van der Waals surface area contributed by atoms with Crippen LogP contribution in [0.5, 0.6) is 17.2 Å². The van der Waals surface area contributed by atoms with Crippen LogP contribution in [0, 0.1) is 13.8 Å². The first-order valence-electron chi connectivity index (χ1n) is 9.96. The first-order chi connectivity index (χ1) is 14.9. The molecule has 0 N–H and O–H groups in total. The molecule has 1 unspecified atom stereocenters. The molecule has 0 radical (unpaired) electrons. The van der Waals surface area contributed by atoms with E-state index in [9.17, 15) is 4.79 Å². The molecular weight excluding hydrogens is 398 g/mol. The van der Waals surface area contributed by atoms with E-state index in [-0.39, 0.29) is 11.8 Å². The maximum Gasteiger partial charge on any atom is 0.232 e. The molecule has 0 bridgehead atoms. The van der Waals surface area contributed by atoms with E-state index in [2.05, 4.69) is 17.1 Å². The average Bonchev–Trinajstić information content (AvgIpc) is 3.41. The first kappa shape index (κ1) is 20.7. The molecule has 2 aromatic carbocycles. The Labute approximate surface area is 180 Å². The number of ether oxygens (including phenoxy) is 3. The highest BCUT2D eigenvalue weighted by Crippen LogP contribution is 2.41. The van der Waals surface area contributed by atoms with Crippen LogP contribution in [0.4, 0.5) is 5.69 Å². The van der Waals surface area contributed by atoms with Gasteiger partial charge < -0.3 is 23.6 Å². The lowest BCUT2D eigenvalue weighted by Crippen LogP contribution is -2.24. The molecule has 8 nitrogen and oxygen atoms in total. The van der Waals surface area contributed by atoms with Gasteiger partial charge in [-0.2, -0.15) is 4.98 Å². The first-order valence-corrected chi connectivity index (χ1v) is 9.96. The molecule has 1 aliphatic heterocycles. The van der Waals surface area contributed by atoms with E-state index >= 15 is 0 Å². The Balaban J connectivity index is 1.59. The number of benzene rings is 2. The zero-order valence-electron chi connectivity index (χ0n) is 18.3. The number of methoxy groups -OCH3 is 3. The normalized spacial score (nSPS) is 16.0. The summed E-state index contributed by atoms with van der Waals surface area (Å²) in [4.78, 5) is 19.0. The molecule has 31 heavy (non-hydrogen) atoms. The summed E-state index contributed by atoms with van der Waals surface area (Å²) in [5.41, 5.74) is 3.90. The van der Waals surface area contributed by atoms with Crippen molar-refractivity contribution in [3.05, 3.63) is 47.3 Å². The van der Waals surface area contributed by atoms with Crippen LogP contribution in [0.2, 0.25) is 0 Å². The van der Waals surface area contributed by atoms with Gasteiger partial charge in [-0.1, -0.05) is 11.2 Å². The Morgan fingerprint density at radius 1 is 1.00 bits per heavy atom.